The molecule has 6 rings (SSSR count). The molecule has 4 aliphatic heterocycles. The molecule has 0 unspecified atom stereocenters. The number of methoxy groups -OCH3 is 1. The second kappa shape index (κ2) is 17.5. The molecule has 1 saturated heterocycles. The number of piperidine rings is 1. The zero-order chi connectivity index (χ0) is 44.9. The molecule has 0 aliphatic carbocycles. The lowest BCUT2D eigenvalue weighted by atomic mass is 9.78. The van der Waals surface area contributed by atoms with Gasteiger partial charge < -0.3 is 49.6 Å². The van der Waals surface area contributed by atoms with Crippen LogP contribution in [0.5, 0.6) is 17.2 Å². The Balaban J connectivity index is 1.55. The lowest BCUT2D eigenvalue weighted by Crippen LogP contribution is -2.47. The summed E-state index contributed by atoms with van der Waals surface area (Å²) < 4.78 is 24.0. The number of ether oxygens (including phenoxy) is 4. The number of aromatic hydroxyl groups is 2. The lowest BCUT2D eigenvalue weighted by molar-refractivity contribution is -0.160. The number of benzene rings is 2. The van der Waals surface area contributed by atoms with Crippen LogP contribution in [-0.2, 0) is 23.8 Å². The molecule has 0 saturated carbocycles. The molecule has 4 bridgehead atoms. The molecule has 1 spiro atoms. The molecule has 61 heavy (non-hydrogen) atoms. The molecule has 332 valence electrons. The Kier molecular flexibility index (Phi) is 13.1. The first-order chi connectivity index (χ1) is 28.6. The number of phenolic OH excluding ortho intramolecular Hbond substituents is 2. The van der Waals surface area contributed by atoms with Gasteiger partial charge in [0.1, 0.15) is 34.0 Å². The second-order valence-electron chi connectivity index (χ2n) is 18.0. The smallest absolute Gasteiger partial charge is 0.312 e. The Hall–Kier alpha value is -4.83. The number of nitrogens with one attached hydrogen (secondary N) is 1. The number of carbonyl (C=O) groups excluding carboxylic acids is 3. The number of aliphatic hydroxyl groups is 2. The zero-order valence-electron chi connectivity index (χ0n) is 37.1. The van der Waals surface area contributed by atoms with E-state index in [1.54, 1.807) is 65.8 Å². The van der Waals surface area contributed by atoms with E-state index in [0.29, 0.717) is 24.4 Å². The number of ketones is 1. The third-order valence-corrected chi connectivity index (χ3v) is 12.9. The number of aliphatic hydroxyl groups excluding tert-OH is 2. The second-order valence-corrected chi connectivity index (χ2v) is 18.0. The Morgan fingerprint density at radius 2 is 1.66 bits per heavy atom. The molecular weight excluding hydrogens is 785 g/mol. The summed E-state index contributed by atoms with van der Waals surface area (Å²) in [4.78, 5) is 52.9. The molecule has 9 atom stereocenters. The molecule has 2 aromatic rings. The zero-order valence-corrected chi connectivity index (χ0v) is 37.1. The highest BCUT2D eigenvalue weighted by Gasteiger charge is 2.51. The van der Waals surface area contributed by atoms with Crippen LogP contribution in [0.2, 0.25) is 0 Å². The molecule has 4 heterocycles. The van der Waals surface area contributed by atoms with E-state index in [4.69, 9.17) is 23.9 Å². The van der Waals surface area contributed by atoms with E-state index in [1.807, 2.05) is 0 Å². The van der Waals surface area contributed by atoms with E-state index < -0.39 is 82.9 Å². The number of esters is 1. The van der Waals surface area contributed by atoms with Gasteiger partial charge in [-0.25, -0.2) is 4.99 Å². The Morgan fingerprint density at radius 3 is 2.28 bits per heavy atom. The number of likely N-dealkylation sites (tertiary alicyclic amines) is 1. The predicted octanol–water partition coefficient (Wildman–Crippen LogP) is 4.75. The molecule has 0 aromatic heterocycles. The van der Waals surface area contributed by atoms with Gasteiger partial charge in [-0.15, -0.1) is 0 Å². The predicted molar refractivity (Wildman–Crippen MR) is 228 cm³/mol. The van der Waals surface area contributed by atoms with Gasteiger partial charge >= 0.3 is 11.8 Å². The molecule has 15 nitrogen and oxygen atoms in total. The summed E-state index contributed by atoms with van der Waals surface area (Å²) in [5.41, 5.74) is -0.111. The third kappa shape index (κ3) is 8.54. The minimum atomic E-state index is -1.95. The van der Waals surface area contributed by atoms with Crippen LogP contribution in [-0.4, -0.2) is 106 Å². The quantitative estimate of drug-likeness (QED) is 0.208. The average molecular weight is 847 g/mol. The van der Waals surface area contributed by atoms with Crippen LogP contribution < -0.4 is 20.8 Å². The summed E-state index contributed by atoms with van der Waals surface area (Å²) in [6.07, 6.45) is 5.07. The van der Waals surface area contributed by atoms with E-state index in [-0.39, 0.29) is 49.7 Å². The van der Waals surface area contributed by atoms with Crippen LogP contribution in [0.25, 0.3) is 10.8 Å². The largest absolute Gasteiger partial charge is 0.507 e. The fourth-order valence-corrected chi connectivity index (χ4v) is 9.24. The van der Waals surface area contributed by atoms with Gasteiger partial charge in [-0.05, 0) is 25.8 Å². The van der Waals surface area contributed by atoms with Crippen LogP contribution in [0, 0.1) is 36.5 Å². The van der Waals surface area contributed by atoms with Crippen molar-refractivity contribution in [3.05, 3.63) is 58.0 Å². The van der Waals surface area contributed by atoms with Gasteiger partial charge in [-0.3, -0.25) is 19.4 Å². The summed E-state index contributed by atoms with van der Waals surface area (Å²) in [7, 11) is 1.47. The molecular formula is C46H62N4O11. The topological polar surface area (TPSA) is 209 Å². The molecule has 2 aromatic carbocycles. The van der Waals surface area contributed by atoms with Crippen molar-refractivity contribution >= 4 is 34.1 Å². The van der Waals surface area contributed by atoms with Gasteiger partial charge in [0.25, 0.3) is 11.7 Å². The number of phenols is 2. The number of allylic oxidation sites excluding steroid dienone is 2. The number of amides is 1. The maximum absolute atomic E-state index is 14.7. The van der Waals surface area contributed by atoms with Crippen LogP contribution in [0.3, 0.4) is 0 Å². The van der Waals surface area contributed by atoms with Crippen molar-refractivity contribution in [3.63, 3.8) is 0 Å². The molecule has 4 aliphatic rings. The van der Waals surface area contributed by atoms with Crippen molar-refractivity contribution < 1.29 is 53.8 Å². The van der Waals surface area contributed by atoms with E-state index in [1.165, 1.54) is 27.2 Å². The maximum Gasteiger partial charge on any atom is 0.312 e. The number of hydrogen-bond donors (Lipinski definition) is 5. The third-order valence-electron chi connectivity index (χ3n) is 12.9. The lowest BCUT2D eigenvalue weighted by Gasteiger charge is -2.38. The van der Waals surface area contributed by atoms with Crippen molar-refractivity contribution in [1.82, 2.24) is 4.90 Å². The SMILES string of the molecule is CO[C@@H]1C=CO[C@@]2(C)Oc3c(C)c(O)c4c(O)c(c5c(c4c3C2=O)NC2(CCN(CC(C)C)CC2)N=5)=NC(=O)C(C)=CC=C[C@H](C)[C@H](O)[C@H](C)[C@H](O)[C@H](C)[C@@H](OC(C)=O)[C@H]1C. The Labute approximate surface area is 356 Å². The number of nitrogens with zero attached hydrogens (tertiary/aromatic N) is 3. The van der Waals surface area contributed by atoms with E-state index in [9.17, 15) is 34.8 Å². The van der Waals surface area contributed by atoms with Crippen LogP contribution >= 0.6 is 0 Å². The molecule has 1 fully saturated rings. The standard InChI is InChI=1S/C46H62N4O11/c1-22(2)21-50-18-16-46(17-19-50)48-34-31-32-39(54)28(8)42-33(31)43(56)45(10,61-42)59-20-15-30(58-11)25(5)41(60-29(9)51)27(7)38(53)26(6)37(52)23(3)13-12-14-24(4)44(57)47-36(40(32)55)35(34)49-46/h12-15,20,22-23,25-27,30,37-38,41,48,52-55H,16-19,21H2,1-11H3/t23-,25-,26-,27-,30+,37-,38-,41-,45-/m0/s1. The Bertz CT molecular complexity index is 2300. The van der Waals surface area contributed by atoms with Gasteiger partial charge in [0.15, 0.2) is 5.75 Å². The van der Waals surface area contributed by atoms with Crippen molar-refractivity contribution in [2.24, 2.45) is 39.6 Å². The number of carbonyl (C=O) groups is 3. The fraction of sp³-hybridized carbons (Fsp3) is 0.587. The van der Waals surface area contributed by atoms with Crippen LogP contribution in [0.1, 0.15) is 91.1 Å². The number of rotatable bonds is 4. The first-order valence-electron chi connectivity index (χ1n) is 21.2. The molecule has 5 N–H and O–H groups in total. The van der Waals surface area contributed by atoms with Gasteiger partial charge in [-0.1, -0.05) is 59.8 Å². The number of hydrogen-bond acceptors (Lipinski definition) is 14. The van der Waals surface area contributed by atoms with Crippen LogP contribution in [0.4, 0.5) is 5.69 Å². The minimum absolute atomic E-state index is 0.0538. The van der Waals surface area contributed by atoms with Gasteiger partial charge in [0.05, 0.1) is 41.2 Å². The summed E-state index contributed by atoms with van der Waals surface area (Å²) in [5.74, 6) is -6.57. The Morgan fingerprint density at radius 1 is 0.984 bits per heavy atom. The average Bonchev–Trinajstić information content (AvgIpc) is 3.71. The number of fused-ring (bicyclic) bond motifs is 1. The molecule has 15 heteroatoms. The van der Waals surface area contributed by atoms with Gasteiger partial charge in [-0.2, -0.15) is 0 Å². The summed E-state index contributed by atoms with van der Waals surface area (Å²) in [6.45, 7) is 19.6. The highest BCUT2D eigenvalue weighted by Crippen LogP contribution is 2.51. The number of anilines is 1. The minimum Gasteiger partial charge on any atom is -0.507 e. The van der Waals surface area contributed by atoms with Crippen molar-refractivity contribution in [1.29, 1.82) is 0 Å². The number of Topliss-reactive ketones (excluding diaryl/α,β-unsaturated/α-hetero) is 1. The van der Waals surface area contributed by atoms with Crippen molar-refractivity contribution in [2.75, 3.05) is 32.1 Å². The normalized spacial score (nSPS) is 30.8. The monoisotopic (exact) mass is 846 g/mol. The highest BCUT2D eigenvalue weighted by molar-refractivity contribution is 6.21. The molecule has 0 radical (unpaired) electrons. The first kappa shape index (κ1) is 45.7. The first-order valence-corrected chi connectivity index (χ1v) is 21.2. The van der Waals surface area contributed by atoms with E-state index in [0.717, 1.165) is 19.6 Å². The van der Waals surface area contributed by atoms with Crippen LogP contribution in [0.15, 0.2) is 46.1 Å². The van der Waals surface area contributed by atoms with Crippen molar-refractivity contribution in [3.8, 4) is 17.2 Å². The summed E-state index contributed by atoms with van der Waals surface area (Å²) >= 11 is 0. The summed E-state index contributed by atoms with van der Waals surface area (Å²) in [5, 5.41) is 50.5. The molecule has 1 amide bonds. The van der Waals surface area contributed by atoms with Crippen molar-refractivity contribution in [2.45, 2.75) is 118 Å². The van der Waals surface area contributed by atoms with E-state index >= 15 is 0 Å². The summed E-state index contributed by atoms with van der Waals surface area (Å²) in [6, 6.07) is 0. The van der Waals surface area contributed by atoms with Gasteiger partial charge in [0.2, 0.25) is 0 Å². The maximum atomic E-state index is 14.7. The highest BCUT2D eigenvalue weighted by atomic mass is 16.7. The fourth-order valence-electron chi connectivity index (χ4n) is 9.24. The van der Waals surface area contributed by atoms with E-state index in [2.05, 4.69) is 29.1 Å². The van der Waals surface area contributed by atoms with Gasteiger partial charge in [0, 0.05) is 93.6 Å².